The van der Waals surface area contributed by atoms with E-state index >= 15 is 0 Å². The van der Waals surface area contributed by atoms with Crippen LogP contribution in [0.3, 0.4) is 0 Å². The molecule has 1 atom stereocenters. The number of carboxylic acids is 1. The SMILES string of the molecule is CCCCCCCCC=CCC=CCC(O)CCCCCCCCCCC(=O)O. The van der Waals surface area contributed by atoms with Crippen molar-refractivity contribution in [3.05, 3.63) is 24.3 Å². The first-order valence-corrected chi connectivity index (χ1v) is 12.4. The van der Waals surface area contributed by atoms with E-state index in [0.717, 1.165) is 44.9 Å². The number of aliphatic hydroxyl groups is 1. The van der Waals surface area contributed by atoms with Crippen LogP contribution < -0.4 is 0 Å². The van der Waals surface area contributed by atoms with Gasteiger partial charge in [0, 0.05) is 6.42 Å². The largest absolute Gasteiger partial charge is 0.481 e. The van der Waals surface area contributed by atoms with Gasteiger partial charge in [-0.25, -0.2) is 0 Å². The quantitative estimate of drug-likeness (QED) is 0.141. The molecule has 0 amide bonds. The second kappa shape index (κ2) is 23.2. The van der Waals surface area contributed by atoms with Gasteiger partial charge >= 0.3 is 5.97 Å². The van der Waals surface area contributed by atoms with Crippen LogP contribution in [0.4, 0.5) is 0 Å². The molecule has 0 spiro atoms. The highest BCUT2D eigenvalue weighted by Crippen LogP contribution is 2.13. The third kappa shape index (κ3) is 24.9. The fourth-order valence-electron chi connectivity index (χ4n) is 3.52. The van der Waals surface area contributed by atoms with Gasteiger partial charge in [0.2, 0.25) is 0 Å². The molecule has 0 saturated heterocycles. The van der Waals surface area contributed by atoms with Gasteiger partial charge in [-0.2, -0.15) is 0 Å². The van der Waals surface area contributed by atoms with Gasteiger partial charge in [-0.05, 0) is 38.5 Å². The molecule has 0 aromatic carbocycles. The lowest BCUT2D eigenvalue weighted by Crippen LogP contribution is -2.04. The summed E-state index contributed by atoms with van der Waals surface area (Å²) in [6.45, 7) is 2.26. The highest BCUT2D eigenvalue weighted by Gasteiger charge is 2.01. The zero-order valence-corrected chi connectivity index (χ0v) is 19.1. The molecule has 0 aliphatic rings. The van der Waals surface area contributed by atoms with Crippen LogP contribution in [0.25, 0.3) is 0 Å². The van der Waals surface area contributed by atoms with Crippen molar-refractivity contribution in [1.29, 1.82) is 0 Å². The Morgan fingerprint density at radius 2 is 1.28 bits per heavy atom. The fourth-order valence-corrected chi connectivity index (χ4v) is 3.52. The lowest BCUT2D eigenvalue weighted by Gasteiger charge is -2.07. The number of unbranched alkanes of at least 4 members (excludes halogenated alkanes) is 13. The summed E-state index contributed by atoms with van der Waals surface area (Å²) >= 11 is 0. The van der Waals surface area contributed by atoms with Gasteiger partial charge in [-0.1, -0.05) is 108 Å². The van der Waals surface area contributed by atoms with E-state index < -0.39 is 5.97 Å². The first kappa shape index (κ1) is 27.9. The monoisotopic (exact) mass is 408 g/mol. The van der Waals surface area contributed by atoms with Crippen LogP contribution in [0.15, 0.2) is 24.3 Å². The van der Waals surface area contributed by atoms with Gasteiger partial charge in [0.25, 0.3) is 0 Å². The molecule has 0 fully saturated rings. The minimum atomic E-state index is -0.682. The van der Waals surface area contributed by atoms with Gasteiger partial charge in [0.05, 0.1) is 6.10 Å². The van der Waals surface area contributed by atoms with Crippen molar-refractivity contribution >= 4 is 5.97 Å². The van der Waals surface area contributed by atoms with Crippen molar-refractivity contribution in [3.63, 3.8) is 0 Å². The maximum absolute atomic E-state index is 10.4. The van der Waals surface area contributed by atoms with E-state index in [1.807, 2.05) is 0 Å². The van der Waals surface area contributed by atoms with Gasteiger partial charge in [0.1, 0.15) is 0 Å². The standard InChI is InChI=1S/C26H48O3/c1-2-3-4-5-6-7-8-9-10-13-16-19-22-25(27)23-20-17-14-11-12-15-18-21-24-26(28)29/h9-10,16,19,25,27H,2-8,11-15,17-18,20-24H2,1H3,(H,28,29). The number of carbonyl (C=O) groups is 1. The Hall–Kier alpha value is -1.09. The van der Waals surface area contributed by atoms with Gasteiger partial charge < -0.3 is 10.2 Å². The number of hydrogen-bond acceptors (Lipinski definition) is 2. The van der Waals surface area contributed by atoms with Crippen LogP contribution in [0, 0.1) is 0 Å². The molecule has 0 bridgehead atoms. The minimum Gasteiger partial charge on any atom is -0.481 e. The summed E-state index contributed by atoms with van der Waals surface area (Å²) in [5.74, 6) is -0.682. The van der Waals surface area contributed by atoms with Crippen molar-refractivity contribution in [1.82, 2.24) is 0 Å². The summed E-state index contributed by atoms with van der Waals surface area (Å²) in [6.07, 6.45) is 29.9. The predicted octanol–water partition coefficient (Wildman–Crippen LogP) is 7.98. The molecule has 3 nitrogen and oxygen atoms in total. The Morgan fingerprint density at radius 1 is 0.724 bits per heavy atom. The Balaban J connectivity index is 3.33. The second-order valence-electron chi connectivity index (χ2n) is 8.39. The number of carboxylic acid groups (broad SMARTS) is 1. The van der Waals surface area contributed by atoms with Crippen LogP contribution in [0.5, 0.6) is 0 Å². The molecule has 29 heavy (non-hydrogen) atoms. The lowest BCUT2D eigenvalue weighted by molar-refractivity contribution is -0.137. The van der Waals surface area contributed by atoms with Crippen molar-refractivity contribution in [2.75, 3.05) is 0 Å². The molecule has 2 N–H and O–H groups in total. The normalized spacial score (nSPS) is 12.9. The van der Waals surface area contributed by atoms with Crippen LogP contribution in [-0.4, -0.2) is 22.3 Å². The van der Waals surface area contributed by atoms with Gasteiger partial charge in [-0.3, -0.25) is 4.79 Å². The van der Waals surface area contributed by atoms with Crippen LogP contribution in [-0.2, 0) is 4.79 Å². The Bertz CT molecular complexity index is 401. The highest BCUT2D eigenvalue weighted by molar-refractivity contribution is 5.66. The molecule has 3 heteroatoms. The van der Waals surface area contributed by atoms with E-state index in [1.54, 1.807) is 0 Å². The van der Waals surface area contributed by atoms with Crippen molar-refractivity contribution in [3.8, 4) is 0 Å². The molecule has 0 aromatic rings. The van der Waals surface area contributed by atoms with E-state index in [0.29, 0.717) is 6.42 Å². The third-order valence-corrected chi connectivity index (χ3v) is 5.42. The molecular weight excluding hydrogens is 360 g/mol. The number of rotatable bonds is 22. The summed E-state index contributed by atoms with van der Waals surface area (Å²) in [6, 6.07) is 0. The zero-order valence-electron chi connectivity index (χ0n) is 19.1. The highest BCUT2D eigenvalue weighted by atomic mass is 16.4. The summed E-state index contributed by atoms with van der Waals surface area (Å²) in [5, 5.41) is 18.6. The van der Waals surface area contributed by atoms with E-state index in [4.69, 9.17) is 5.11 Å². The Kier molecular flexibility index (Phi) is 22.3. The topological polar surface area (TPSA) is 57.5 Å². The molecule has 0 rings (SSSR count). The molecule has 0 heterocycles. The van der Waals surface area contributed by atoms with E-state index in [2.05, 4.69) is 31.2 Å². The molecule has 0 aliphatic heterocycles. The summed E-state index contributed by atoms with van der Waals surface area (Å²) in [4.78, 5) is 10.4. The van der Waals surface area contributed by atoms with Crippen molar-refractivity contribution < 1.29 is 15.0 Å². The summed E-state index contributed by atoms with van der Waals surface area (Å²) in [5.41, 5.74) is 0. The van der Waals surface area contributed by atoms with E-state index in [-0.39, 0.29) is 6.10 Å². The zero-order chi connectivity index (χ0) is 21.4. The molecular formula is C26H48O3. The predicted molar refractivity (Wildman–Crippen MR) is 125 cm³/mol. The lowest BCUT2D eigenvalue weighted by atomic mass is 10.0. The Labute approximate surface area is 180 Å². The number of allylic oxidation sites excluding steroid dienone is 3. The molecule has 0 radical (unpaired) electrons. The van der Waals surface area contributed by atoms with Gasteiger partial charge in [-0.15, -0.1) is 0 Å². The first-order chi connectivity index (χ1) is 14.2. The van der Waals surface area contributed by atoms with Crippen LogP contribution >= 0.6 is 0 Å². The molecule has 0 aliphatic carbocycles. The molecule has 0 saturated carbocycles. The summed E-state index contributed by atoms with van der Waals surface area (Å²) < 4.78 is 0. The maximum atomic E-state index is 10.4. The Morgan fingerprint density at radius 3 is 1.93 bits per heavy atom. The number of aliphatic hydroxyl groups excluding tert-OH is 1. The second-order valence-corrected chi connectivity index (χ2v) is 8.39. The molecule has 1 unspecified atom stereocenters. The van der Waals surface area contributed by atoms with Crippen LogP contribution in [0.2, 0.25) is 0 Å². The molecule has 170 valence electrons. The number of hydrogen-bond donors (Lipinski definition) is 2. The average Bonchev–Trinajstić information content (AvgIpc) is 2.70. The smallest absolute Gasteiger partial charge is 0.303 e. The average molecular weight is 409 g/mol. The van der Waals surface area contributed by atoms with Crippen molar-refractivity contribution in [2.24, 2.45) is 0 Å². The first-order valence-electron chi connectivity index (χ1n) is 12.4. The van der Waals surface area contributed by atoms with Crippen LogP contribution in [0.1, 0.15) is 129 Å². The third-order valence-electron chi connectivity index (χ3n) is 5.42. The summed E-state index contributed by atoms with van der Waals surface area (Å²) in [7, 11) is 0. The van der Waals surface area contributed by atoms with E-state index in [1.165, 1.54) is 70.6 Å². The molecule has 0 aromatic heterocycles. The maximum Gasteiger partial charge on any atom is 0.303 e. The van der Waals surface area contributed by atoms with Crippen molar-refractivity contribution in [2.45, 2.75) is 135 Å². The van der Waals surface area contributed by atoms with Gasteiger partial charge in [0.15, 0.2) is 0 Å². The fraction of sp³-hybridized carbons (Fsp3) is 0.808. The van der Waals surface area contributed by atoms with E-state index in [9.17, 15) is 9.90 Å². The minimum absolute atomic E-state index is 0.200. The number of aliphatic carboxylic acids is 1.